The molecule has 0 atom stereocenters. The Labute approximate surface area is 222 Å². The second-order valence-electron chi connectivity index (χ2n) is 9.84. The van der Waals surface area contributed by atoms with Crippen molar-refractivity contribution < 1.29 is 0 Å². The van der Waals surface area contributed by atoms with Gasteiger partial charge in [-0.25, -0.2) is 0 Å². The van der Waals surface area contributed by atoms with Crippen LogP contribution in [0.5, 0.6) is 0 Å². The first-order valence-corrected chi connectivity index (χ1v) is 13.1. The first-order chi connectivity index (χ1) is 18.3. The zero-order valence-corrected chi connectivity index (χ0v) is 21.1. The lowest BCUT2D eigenvalue weighted by Crippen LogP contribution is -2.34. The van der Waals surface area contributed by atoms with Crippen molar-refractivity contribution in [2.45, 2.75) is 11.8 Å². The fourth-order valence-electron chi connectivity index (χ4n) is 6.30. The molecule has 1 heteroatoms. The molecular formula is C36H25Cl. The minimum absolute atomic E-state index is 0.442. The van der Waals surface area contributed by atoms with Gasteiger partial charge in [0.05, 0.1) is 5.41 Å². The van der Waals surface area contributed by atoms with Crippen LogP contribution in [-0.2, 0) is 11.8 Å². The van der Waals surface area contributed by atoms with Crippen LogP contribution in [0.15, 0.2) is 140 Å². The summed E-state index contributed by atoms with van der Waals surface area (Å²) in [5, 5.41) is 3.42. The van der Waals surface area contributed by atoms with Crippen molar-refractivity contribution >= 4 is 22.4 Å². The molecule has 0 heterocycles. The van der Waals surface area contributed by atoms with Crippen LogP contribution in [0, 0.1) is 0 Å². The molecule has 0 N–H and O–H groups in total. The molecule has 6 aromatic rings. The van der Waals surface area contributed by atoms with Gasteiger partial charge in [-0.2, -0.15) is 0 Å². The Balaban J connectivity index is 1.61. The predicted molar refractivity (Wildman–Crippen MR) is 156 cm³/mol. The summed E-state index contributed by atoms with van der Waals surface area (Å²) in [5.41, 5.74) is 9.76. The molecule has 0 fully saturated rings. The zero-order chi connectivity index (χ0) is 24.8. The van der Waals surface area contributed by atoms with Crippen molar-refractivity contribution in [3.05, 3.63) is 178 Å². The van der Waals surface area contributed by atoms with Gasteiger partial charge in [0.25, 0.3) is 0 Å². The van der Waals surface area contributed by atoms with Crippen LogP contribution in [-0.4, -0.2) is 0 Å². The van der Waals surface area contributed by atoms with E-state index in [4.69, 9.17) is 11.6 Å². The van der Waals surface area contributed by atoms with Crippen LogP contribution >= 0.6 is 11.6 Å². The third-order valence-electron chi connectivity index (χ3n) is 7.85. The quantitative estimate of drug-likeness (QED) is 0.229. The van der Waals surface area contributed by atoms with E-state index in [0.717, 1.165) is 17.0 Å². The van der Waals surface area contributed by atoms with Crippen LogP contribution in [0.3, 0.4) is 0 Å². The van der Waals surface area contributed by atoms with Gasteiger partial charge in [-0.1, -0.05) is 145 Å². The summed E-state index contributed by atoms with van der Waals surface area (Å²) >= 11 is 6.59. The molecule has 0 radical (unpaired) electrons. The van der Waals surface area contributed by atoms with Crippen molar-refractivity contribution in [2.75, 3.05) is 0 Å². The fraction of sp³-hybridized carbons (Fsp3) is 0.0556. The molecule has 0 unspecified atom stereocenters. The smallest absolute Gasteiger partial charge is 0.0713 e. The normalized spacial score (nSPS) is 13.3. The van der Waals surface area contributed by atoms with E-state index < -0.39 is 5.41 Å². The largest absolute Gasteiger partial charge is 0.0840 e. The van der Waals surface area contributed by atoms with Gasteiger partial charge >= 0.3 is 0 Å². The van der Waals surface area contributed by atoms with E-state index in [-0.39, 0.29) is 0 Å². The van der Waals surface area contributed by atoms with Crippen molar-refractivity contribution in [2.24, 2.45) is 0 Å². The maximum Gasteiger partial charge on any atom is 0.0713 e. The number of halogens is 1. The third-order valence-corrected chi connectivity index (χ3v) is 8.22. The highest BCUT2D eigenvalue weighted by Crippen LogP contribution is 2.55. The van der Waals surface area contributed by atoms with Crippen molar-refractivity contribution in [1.82, 2.24) is 0 Å². The maximum absolute atomic E-state index is 6.59. The minimum atomic E-state index is -0.442. The molecule has 7 rings (SSSR count). The summed E-state index contributed by atoms with van der Waals surface area (Å²) in [7, 11) is 0. The number of hydrogen-bond donors (Lipinski definition) is 0. The van der Waals surface area contributed by atoms with Gasteiger partial charge in [0, 0.05) is 5.02 Å². The molecule has 0 saturated carbocycles. The topological polar surface area (TPSA) is 0 Å². The molecule has 37 heavy (non-hydrogen) atoms. The number of hydrogen-bond acceptors (Lipinski definition) is 0. The van der Waals surface area contributed by atoms with Crippen LogP contribution in [0.25, 0.3) is 21.9 Å². The second-order valence-corrected chi connectivity index (χ2v) is 10.2. The average molecular weight is 493 g/mol. The molecular weight excluding hydrogens is 468 g/mol. The lowest BCUT2D eigenvalue weighted by Gasteiger charge is -2.42. The molecule has 0 nitrogen and oxygen atoms in total. The molecule has 0 bridgehead atoms. The second kappa shape index (κ2) is 8.76. The van der Waals surface area contributed by atoms with Crippen molar-refractivity contribution in [1.29, 1.82) is 0 Å². The molecule has 0 saturated heterocycles. The Morgan fingerprint density at radius 1 is 0.514 bits per heavy atom. The number of benzene rings is 6. The van der Waals surface area contributed by atoms with Crippen molar-refractivity contribution in [3.63, 3.8) is 0 Å². The zero-order valence-electron chi connectivity index (χ0n) is 20.4. The van der Waals surface area contributed by atoms with Gasteiger partial charge in [-0.05, 0) is 67.8 Å². The standard InChI is InChI=1S/C36H25Cl/c37-34-20-8-7-11-27(34)23-25-21-22-30-31-18-9-12-26-13-10-19-32(35(26)31)36(33(30)24-25,28-14-3-1-4-15-28)29-16-5-2-6-17-29/h1-22,24H,23H2. The first-order valence-electron chi connectivity index (χ1n) is 12.8. The summed E-state index contributed by atoms with van der Waals surface area (Å²) in [4.78, 5) is 0. The lowest BCUT2D eigenvalue weighted by molar-refractivity contribution is 0.748. The summed E-state index contributed by atoms with van der Waals surface area (Å²) in [6.45, 7) is 0. The van der Waals surface area contributed by atoms with Gasteiger partial charge < -0.3 is 0 Å². The summed E-state index contributed by atoms with van der Waals surface area (Å²) in [5.74, 6) is 0. The Hall–Kier alpha value is -4.13. The predicted octanol–water partition coefficient (Wildman–Crippen LogP) is 9.45. The molecule has 0 aromatic heterocycles. The molecule has 0 spiro atoms. The van der Waals surface area contributed by atoms with E-state index in [0.29, 0.717) is 0 Å². The van der Waals surface area contributed by atoms with Crippen LogP contribution in [0.2, 0.25) is 5.02 Å². The Morgan fingerprint density at radius 3 is 1.86 bits per heavy atom. The summed E-state index contributed by atoms with van der Waals surface area (Å²) in [6.07, 6.45) is 0.790. The van der Waals surface area contributed by atoms with E-state index in [1.54, 1.807) is 0 Å². The number of rotatable bonds is 4. The van der Waals surface area contributed by atoms with Gasteiger partial charge in [0.2, 0.25) is 0 Å². The Bertz CT molecular complexity index is 1700. The minimum Gasteiger partial charge on any atom is -0.0840 e. The molecule has 1 aliphatic rings. The molecule has 1 aliphatic carbocycles. The summed E-state index contributed by atoms with van der Waals surface area (Å²) in [6, 6.07) is 50.6. The highest BCUT2D eigenvalue weighted by Gasteiger charge is 2.44. The van der Waals surface area contributed by atoms with Crippen LogP contribution in [0.4, 0.5) is 0 Å². The highest BCUT2D eigenvalue weighted by molar-refractivity contribution is 6.31. The summed E-state index contributed by atoms with van der Waals surface area (Å²) < 4.78 is 0. The average Bonchev–Trinajstić information content (AvgIpc) is 2.96. The van der Waals surface area contributed by atoms with Gasteiger partial charge in [-0.3, -0.25) is 0 Å². The van der Waals surface area contributed by atoms with Crippen molar-refractivity contribution in [3.8, 4) is 11.1 Å². The van der Waals surface area contributed by atoms with E-state index in [1.807, 2.05) is 12.1 Å². The van der Waals surface area contributed by atoms with E-state index >= 15 is 0 Å². The molecule has 6 aromatic carbocycles. The maximum atomic E-state index is 6.59. The van der Waals surface area contributed by atoms with Crippen LogP contribution in [0.1, 0.15) is 33.4 Å². The Morgan fingerprint density at radius 2 is 1.16 bits per heavy atom. The monoisotopic (exact) mass is 492 g/mol. The number of fused-ring (bicyclic) bond motifs is 2. The van der Waals surface area contributed by atoms with E-state index in [9.17, 15) is 0 Å². The third kappa shape index (κ3) is 3.37. The lowest BCUT2D eigenvalue weighted by atomic mass is 9.59. The highest BCUT2D eigenvalue weighted by atomic mass is 35.5. The van der Waals surface area contributed by atoms with Gasteiger partial charge in [-0.15, -0.1) is 0 Å². The fourth-order valence-corrected chi connectivity index (χ4v) is 6.50. The molecule has 176 valence electrons. The van der Waals surface area contributed by atoms with Crippen LogP contribution < -0.4 is 0 Å². The Kier molecular flexibility index (Phi) is 5.23. The first kappa shape index (κ1) is 22.1. The van der Waals surface area contributed by atoms with E-state index in [2.05, 4.69) is 127 Å². The van der Waals surface area contributed by atoms with Gasteiger partial charge in [0.15, 0.2) is 0 Å². The SMILES string of the molecule is Clc1ccccc1Cc1ccc2c(c1)C(c1ccccc1)(c1ccccc1)c1cccc3cccc-2c13. The molecule has 0 amide bonds. The van der Waals surface area contributed by atoms with E-state index in [1.165, 1.54) is 49.7 Å². The van der Waals surface area contributed by atoms with Gasteiger partial charge in [0.1, 0.15) is 0 Å². The molecule has 0 aliphatic heterocycles.